The summed E-state index contributed by atoms with van der Waals surface area (Å²) in [6, 6.07) is 2.14. The molecule has 0 saturated carbocycles. The van der Waals surface area contributed by atoms with Gasteiger partial charge in [-0.3, -0.25) is 4.68 Å². The molecule has 2 heterocycles. The van der Waals surface area contributed by atoms with Crippen molar-refractivity contribution in [2.24, 2.45) is 13.0 Å². The van der Waals surface area contributed by atoms with Gasteiger partial charge in [0, 0.05) is 32.2 Å². The molecule has 2 rings (SSSR count). The summed E-state index contributed by atoms with van der Waals surface area (Å²) in [7, 11) is 1.88. The van der Waals surface area contributed by atoms with E-state index in [1.54, 1.807) is 4.68 Å². The van der Waals surface area contributed by atoms with Gasteiger partial charge < -0.3 is 9.88 Å². The van der Waals surface area contributed by atoms with Gasteiger partial charge in [0.1, 0.15) is 5.69 Å². The molecular weight excluding hydrogens is 226 g/mol. The molecule has 0 saturated heterocycles. The van der Waals surface area contributed by atoms with Crippen LogP contribution in [0.5, 0.6) is 0 Å². The Kier molecular flexibility index (Phi) is 4.15. The van der Waals surface area contributed by atoms with Crippen molar-refractivity contribution < 1.29 is 0 Å². The predicted molar refractivity (Wildman–Crippen MR) is 71.1 cm³/mol. The highest BCUT2D eigenvalue weighted by Gasteiger charge is 2.01. The first-order valence-corrected chi connectivity index (χ1v) is 6.34. The van der Waals surface area contributed by atoms with E-state index < -0.39 is 0 Å². The Morgan fingerprint density at radius 3 is 2.83 bits per heavy atom. The van der Waals surface area contributed by atoms with Crippen LogP contribution in [0, 0.1) is 5.92 Å². The summed E-state index contributed by atoms with van der Waals surface area (Å²) < 4.78 is 3.86. The van der Waals surface area contributed by atoms with E-state index in [1.807, 2.05) is 13.2 Å². The molecule has 0 aliphatic carbocycles. The van der Waals surface area contributed by atoms with Crippen molar-refractivity contribution in [3.05, 3.63) is 35.9 Å². The Labute approximate surface area is 108 Å². The molecule has 0 amide bonds. The highest BCUT2D eigenvalue weighted by Crippen LogP contribution is 2.04. The van der Waals surface area contributed by atoms with E-state index in [0.29, 0.717) is 5.92 Å². The lowest BCUT2D eigenvalue weighted by Gasteiger charge is -2.05. The summed E-state index contributed by atoms with van der Waals surface area (Å²) in [4.78, 5) is 0. The highest BCUT2D eigenvalue weighted by molar-refractivity contribution is 5.11. The van der Waals surface area contributed by atoms with E-state index in [4.69, 9.17) is 0 Å². The lowest BCUT2D eigenvalue weighted by molar-refractivity contribution is 0.552. The molecule has 0 aromatic carbocycles. The van der Waals surface area contributed by atoms with Gasteiger partial charge >= 0.3 is 0 Å². The first kappa shape index (κ1) is 12.8. The third kappa shape index (κ3) is 3.70. The number of nitrogens with one attached hydrogen (secondary N) is 1. The van der Waals surface area contributed by atoms with E-state index >= 15 is 0 Å². The third-order valence-electron chi connectivity index (χ3n) is 2.69. The number of hydrogen-bond donors (Lipinski definition) is 1. The fourth-order valence-electron chi connectivity index (χ4n) is 1.85. The number of aryl methyl sites for hydroxylation is 1. The third-order valence-corrected chi connectivity index (χ3v) is 2.69. The molecule has 0 fully saturated rings. The zero-order valence-electron chi connectivity index (χ0n) is 11.3. The van der Waals surface area contributed by atoms with Crippen LogP contribution in [-0.4, -0.2) is 26.1 Å². The van der Waals surface area contributed by atoms with Crippen molar-refractivity contribution in [2.75, 3.05) is 6.54 Å². The maximum absolute atomic E-state index is 4.08. The molecule has 5 heteroatoms. The van der Waals surface area contributed by atoms with Crippen molar-refractivity contribution in [1.82, 2.24) is 24.9 Å². The highest BCUT2D eigenvalue weighted by atomic mass is 15.4. The minimum atomic E-state index is 0.687. The Hall–Kier alpha value is -1.62. The van der Waals surface area contributed by atoms with Gasteiger partial charge in [-0.25, -0.2) is 0 Å². The summed E-state index contributed by atoms with van der Waals surface area (Å²) in [6.07, 6.45) is 6.18. The van der Waals surface area contributed by atoms with E-state index in [1.165, 1.54) is 5.56 Å². The molecule has 18 heavy (non-hydrogen) atoms. The molecule has 0 aliphatic rings. The SMILES string of the molecule is CC(C)CNCc1ccn(Cc2cn(C)nn2)c1. The van der Waals surface area contributed by atoms with Crippen LogP contribution in [0.2, 0.25) is 0 Å². The lowest BCUT2D eigenvalue weighted by atomic mass is 10.2. The fourth-order valence-corrected chi connectivity index (χ4v) is 1.85. The Bertz CT molecular complexity index is 483. The van der Waals surface area contributed by atoms with Gasteiger partial charge in [0.05, 0.1) is 6.54 Å². The van der Waals surface area contributed by atoms with Gasteiger partial charge in [0.15, 0.2) is 0 Å². The number of aromatic nitrogens is 4. The molecule has 0 unspecified atom stereocenters. The number of hydrogen-bond acceptors (Lipinski definition) is 3. The topological polar surface area (TPSA) is 47.7 Å². The molecule has 0 spiro atoms. The number of rotatable bonds is 6. The normalized spacial score (nSPS) is 11.3. The second-order valence-corrected chi connectivity index (χ2v) is 5.10. The van der Waals surface area contributed by atoms with E-state index in [2.05, 4.69) is 52.5 Å². The Morgan fingerprint density at radius 2 is 2.17 bits per heavy atom. The van der Waals surface area contributed by atoms with Gasteiger partial charge in [0.25, 0.3) is 0 Å². The summed E-state index contributed by atoms with van der Waals surface area (Å²) in [5.41, 5.74) is 2.29. The molecule has 1 N–H and O–H groups in total. The van der Waals surface area contributed by atoms with E-state index in [9.17, 15) is 0 Å². The van der Waals surface area contributed by atoms with Crippen LogP contribution in [0.4, 0.5) is 0 Å². The first-order chi connectivity index (χ1) is 8.63. The lowest BCUT2D eigenvalue weighted by Crippen LogP contribution is -2.18. The maximum Gasteiger partial charge on any atom is 0.102 e. The fraction of sp³-hybridized carbons (Fsp3) is 0.538. The standard InChI is InChI=1S/C13H21N5/c1-11(2)6-14-7-12-4-5-18(8-12)10-13-9-17(3)16-15-13/h4-5,8-9,11,14H,6-7,10H2,1-3H3. The van der Waals surface area contributed by atoms with Crippen LogP contribution in [0.1, 0.15) is 25.1 Å². The van der Waals surface area contributed by atoms with Gasteiger partial charge in [0.2, 0.25) is 0 Å². The zero-order chi connectivity index (χ0) is 13.0. The van der Waals surface area contributed by atoms with Gasteiger partial charge in [-0.15, -0.1) is 5.10 Å². The quantitative estimate of drug-likeness (QED) is 0.839. The van der Waals surface area contributed by atoms with Crippen LogP contribution >= 0.6 is 0 Å². The summed E-state index contributed by atoms with van der Waals surface area (Å²) in [5, 5.41) is 11.4. The number of nitrogens with zero attached hydrogens (tertiary/aromatic N) is 4. The van der Waals surface area contributed by atoms with Crippen molar-refractivity contribution >= 4 is 0 Å². The van der Waals surface area contributed by atoms with Gasteiger partial charge in [-0.05, 0) is 24.1 Å². The van der Waals surface area contributed by atoms with Crippen LogP contribution in [0.25, 0.3) is 0 Å². The van der Waals surface area contributed by atoms with E-state index in [-0.39, 0.29) is 0 Å². The molecule has 98 valence electrons. The second-order valence-electron chi connectivity index (χ2n) is 5.10. The maximum atomic E-state index is 4.08. The second kappa shape index (κ2) is 5.82. The minimum absolute atomic E-state index is 0.687. The predicted octanol–water partition coefficient (Wildman–Crippen LogP) is 1.41. The van der Waals surface area contributed by atoms with Crippen LogP contribution in [-0.2, 0) is 20.1 Å². The zero-order valence-corrected chi connectivity index (χ0v) is 11.3. The molecule has 2 aromatic rings. The molecular formula is C13H21N5. The largest absolute Gasteiger partial charge is 0.348 e. The summed E-state index contributed by atoms with van der Waals surface area (Å²) in [5.74, 6) is 0.687. The molecule has 0 aliphatic heterocycles. The average Bonchev–Trinajstić information content (AvgIpc) is 2.89. The molecule has 5 nitrogen and oxygen atoms in total. The molecule has 2 aromatic heterocycles. The smallest absolute Gasteiger partial charge is 0.102 e. The monoisotopic (exact) mass is 247 g/mol. The van der Waals surface area contributed by atoms with Crippen LogP contribution < -0.4 is 5.32 Å². The van der Waals surface area contributed by atoms with Gasteiger partial charge in [-0.1, -0.05) is 19.1 Å². The first-order valence-electron chi connectivity index (χ1n) is 6.34. The molecule has 0 bridgehead atoms. The van der Waals surface area contributed by atoms with Crippen molar-refractivity contribution in [3.8, 4) is 0 Å². The van der Waals surface area contributed by atoms with Crippen molar-refractivity contribution in [3.63, 3.8) is 0 Å². The van der Waals surface area contributed by atoms with Gasteiger partial charge in [-0.2, -0.15) is 0 Å². The Balaban J connectivity index is 1.86. The molecule has 0 radical (unpaired) electrons. The van der Waals surface area contributed by atoms with Crippen molar-refractivity contribution in [2.45, 2.75) is 26.9 Å². The summed E-state index contributed by atoms with van der Waals surface area (Å²) >= 11 is 0. The Morgan fingerprint density at radius 1 is 1.33 bits per heavy atom. The van der Waals surface area contributed by atoms with Crippen LogP contribution in [0.15, 0.2) is 24.7 Å². The summed E-state index contributed by atoms with van der Waals surface area (Å²) in [6.45, 7) is 7.18. The minimum Gasteiger partial charge on any atom is -0.348 e. The van der Waals surface area contributed by atoms with E-state index in [0.717, 1.165) is 25.3 Å². The average molecular weight is 247 g/mol. The van der Waals surface area contributed by atoms with Crippen LogP contribution in [0.3, 0.4) is 0 Å². The molecule has 0 atom stereocenters. The van der Waals surface area contributed by atoms with Crippen molar-refractivity contribution in [1.29, 1.82) is 0 Å².